The summed E-state index contributed by atoms with van der Waals surface area (Å²) in [6.45, 7) is 8.44. The van der Waals surface area contributed by atoms with Gasteiger partial charge in [0.2, 0.25) is 0 Å². The molecule has 0 amide bonds. The molecule has 1 fully saturated rings. The van der Waals surface area contributed by atoms with Crippen molar-refractivity contribution >= 4 is 7.85 Å². The van der Waals surface area contributed by atoms with Crippen molar-refractivity contribution in [3.05, 3.63) is 0 Å². The average molecular weight is 227 g/mol. The summed E-state index contributed by atoms with van der Waals surface area (Å²) < 4.78 is 11.0. The molecule has 0 aromatic carbocycles. The average Bonchev–Trinajstić information content (AvgIpc) is 2.42. The van der Waals surface area contributed by atoms with E-state index in [1.807, 2.05) is 27.7 Å². The lowest BCUT2D eigenvalue weighted by molar-refractivity contribution is -0.0238. The van der Waals surface area contributed by atoms with Gasteiger partial charge in [0, 0.05) is 12.0 Å². The van der Waals surface area contributed by atoms with E-state index in [-0.39, 0.29) is 24.3 Å². The van der Waals surface area contributed by atoms with Crippen LogP contribution in [0.2, 0.25) is 0 Å². The number of rotatable bonds is 5. The monoisotopic (exact) mass is 227 g/mol. The van der Waals surface area contributed by atoms with Crippen molar-refractivity contribution < 1.29 is 14.6 Å². The summed E-state index contributed by atoms with van der Waals surface area (Å²) in [6.07, 6.45) is -0.713. The van der Waals surface area contributed by atoms with Gasteiger partial charge in [-0.2, -0.15) is 0 Å². The van der Waals surface area contributed by atoms with Crippen LogP contribution in [0.5, 0.6) is 0 Å². The molecule has 1 rings (SSSR count). The van der Waals surface area contributed by atoms with Crippen LogP contribution >= 0.6 is 0 Å². The third-order valence-electron chi connectivity index (χ3n) is 2.56. The molecule has 0 bridgehead atoms. The highest BCUT2D eigenvalue weighted by Crippen LogP contribution is 2.20. The van der Waals surface area contributed by atoms with Gasteiger partial charge in [0.05, 0.1) is 31.0 Å². The highest BCUT2D eigenvalue weighted by molar-refractivity contribution is 6.11. The van der Waals surface area contributed by atoms with Crippen molar-refractivity contribution in [2.24, 2.45) is 0 Å². The molecule has 92 valence electrons. The van der Waals surface area contributed by atoms with Crippen LogP contribution in [-0.4, -0.2) is 56.0 Å². The molecule has 0 spiro atoms. The van der Waals surface area contributed by atoms with Gasteiger partial charge < -0.3 is 19.9 Å². The predicted octanol–water partition coefficient (Wildman–Crippen LogP) is 0.0323. The second-order valence-corrected chi connectivity index (χ2v) is 4.86. The van der Waals surface area contributed by atoms with E-state index in [9.17, 15) is 5.11 Å². The lowest BCUT2D eigenvalue weighted by Gasteiger charge is -2.24. The van der Waals surface area contributed by atoms with Crippen LogP contribution in [-0.2, 0) is 9.47 Å². The number of nitrogens with one attached hydrogen (secondary N) is 1. The third-order valence-corrected chi connectivity index (χ3v) is 2.56. The van der Waals surface area contributed by atoms with Crippen LogP contribution in [0.25, 0.3) is 0 Å². The maximum Gasteiger partial charge on any atom is 0.112 e. The topological polar surface area (TPSA) is 50.7 Å². The molecular formula is C11H22BNO3. The molecule has 4 atom stereocenters. The molecule has 1 saturated heterocycles. The van der Waals surface area contributed by atoms with E-state index in [4.69, 9.17) is 17.3 Å². The summed E-state index contributed by atoms with van der Waals surface area (Å²) in [4.78, 5) is 0. The van der Waals surface area contributed by atoms with Gasteiger partial charge >= 0.3 is 0 Å². The number of aliphatic hydroxyl groups is 1. The fraction of sp³-hybridized carbons (Fsp3) is 1.00. The lowest BCUT2D eigenvalue weighted by Crippen LogP contribution is -2.49. The van der Waals surface area contributed by atoms with Gasteiger partial charge in [0.25, 0.3) is 0 Å². The molecule has 5 heteroatoms. The van der Waals surface area contributed by atoms with Crippen LogP contribution in [0.1, 0.15) is 27.7 Å². The Morgan fingerprint density at radius 1 is 1.38 bits per heavy atom. The van der Waals surface area contributed by atoms with Crippen molar-refractivity contribution in [1.29, 1.82) is 0 Å². The van der Waals surface area contributed by atoms with Crippen LogP contribution in [0.4, 0.5) is 0 Å². The molecule has 2 unspecified atom stereocenters. The summed E-state index contributed by atoms with van der Waals surface area (Å²) in [5, 5.41) is 13.1. The predicted molar refractivity (Wildman–Crippen MR) is 63.6 cm³/mol. The Morgan fingerprint density at radius 3 is 2.50 bits per heavy atom. The van der Waals surface area contributed by atoms with Crippen LogP contribution in [0.3, 0.4) is 0 Å². The highest BCUT2D eigenvalue weighted by atomic mass is 16.6. The van der Waals surface area contributed by atoms with Gasteiger partial charge in [-0.05, 0) is 13.8 Å². The van der Waals surface area contributed by atoms with Crippen molar-refractivity contribution in [1.82, 2.24) is 5.32 Å². The molecule has 2 radical (unpaired) electrons. The molecular weight excluding hydrogens is 205 g/mol. The van der Waals surface area contributed by atoms with Crippen LogP contribution in [0, 0.1) is 0 Å². The minimum absolute atomic E-state index is 0.150. The first-order chi connectivity index (χ1) is 7.41. The third kappa shape index (κ3) is 3.73. The molecule has 0 saturated carbocycles. The van der Waals surface area contributed by atoms with Gasteiger partial charge in [0.15, 0.2) is 0 Å². The standard InChI is InChI=1S/C11H22BNO3/c1-6(2)13-9-8(5-15-7(3)4)16-11(12)10(9)14/h6-11,13-14H,5H2,1-4H3/t8-,9?,10?,11-/m1/s1. The first-order valence-corrected chi connectivity index (χ1v) is 5.88. The molecule has 16 heavy (non-hydrogen) atoms. The van der Waals surface area contributed by atoms with Crippen molar-refractivity contribution in [3.8, 4) is 0 Å². The fourth-order valence-corrected chi connectivity index (χ4v) is 1.81. The normalized spacial score (nSPS) is 35.2. The summed E-state index contributed by atoms with van der Waals surface area (Å²) in [5.74, 6) is 0. The Kier molecular flexibility index (Phi) is 5.24. The minimum atomic E-state index is -0.678. The lowest BCUT2D eigenvalue weighted by atomic mass is 9.91. The largest absolute Gasteiger partial charge is 0.390 e. The number of aliphatic hydroxyl groups excluding tert-OH is 1. The fourth-order valence-electron chi connectivity index (χ4n) is 1.81. The first kappa shape index (κ1) is 14.0. The van der Waals surface area contributed by atoms with E-state index in [0.29, 0.717) is 6.61 Å². The smallest absolute Gasteiger partial charge is 0.112 e. The highest BCUT2D eigenvalue weighted by Gasteiger charge is 2.41. The first-order valence-electron chi connectivity index (χ1n) is 5.88. The van der Waals surface area contributed by atoms with E-state index >= 15 is 0 Å². The van der Waals surface area contributed by atoms with Gasteiger partial charge in [-0.3, -0.25) is 0 Å². The van der Waals surface area contributed by atoms with Gasteiger partial charge in [-0.15, -0.1) is 0 Å². The molecule has 0 aromatic rings. The zero-order valence-electron chi connectivity index (χ0n) is 10.5. The summed E-state index contributed by atoms with van der Waals surface area (Å²) >= 11 is 0. The Bertz CT molecular complexity index is 213. The van der Waals surface area contributed by atoms with Crippen molar-refractivity contribution in [3.63, 3.8) is 0 Å². The molecule has 1 aliphatic heterocycles. The quantitative estimate of drug-likeness (QED) is 0.651. The molecule has 2 N–H and O–H groups in total. The summed E-state index contributed by atoms with van der Waals surface area (Å²) in [5.41, 5.74) is 0. The van der Waals surface area contributed by atoms with E-state index in [2.05, 4.69) is 5.32 Å². The zero-order valence-corrected chi connectivity index (χ0v) is 10.5. The zero-order chi connectivity index (χ0) is 12.3. The summed E-state index contributed by atoms with van der Waals surface area (Å²) in [6, 6.07) is -0.513. The Balaban J connectivity index is 2.52. The molecule has 1 heterocycles. The van der Waals surface area contributed by atoms with Gasteiger partial charge in [-0.1, -0.05) is 13.8 Å². The van der Waals surface area contributed by atoms with Crippen molar-refractivity contribution in [2.75, 3.05) is 6.61 Å². The molecule has 0 aliphatic carbocycles. The number of hydrogen-bond acceptors (Lipinski definition) is 4. The SMILES string of the molecule is [B][C@@H]1O[C@H](COC(C)C)C(NC(C)C)C1O. The number of hydrogen-bond donors (Lipinski definition) is 2. The van der Waals surface area contributed by atoms with E-state index in [1.165, 1.54) is 0 Å². The summed E-state index contributed by atoms with van der Waals surface area (Å²) in [7, 11) is 5.67. The van der Waals surface area contributed by atoms with E-state index in [0.717, 1.165) is 0 Å². The van der Waals surface area contributed by atoms with Crippen LogP contribution in [0.15, 0.2) is 0 Å². The molecule has 4 nitrogen and oxygen atoms in total. The maximum absolute atomic E-state index is 9.87. The van der Waals surface area contributed by atoms with E-state index < -0.39 is 12.1 Å². The maximum atomic E-state index is 9.87. The Morgan fingerprint density at radius 2 is 2.00 bits per heavy atom. The second-order valence-electron chi connectivity index (χ2n) is 4.86. The van der Waals surface area contributed by atoms with Gasteiger partial charge in [0.1, 0.15) is 7.85 Å². The molecule has 1 aliphatic rings. The Labute approximate surface area is 99.1 Å². The number of ether oxygens (including phenoxy) is 2. The van der Waals surface area contributed by atoms with Crippen LogP contribution < -0.4 is 5.32 Å². The minimum Gasteiger partial charge on any atom is -0.390 e. The Hall–Kier alpha value is -0.0951. The molecule has 0 aromatic heterocycles. The van der Waals surface area contributed by atoms with E-state index in [1.54, 1.807) is 0 Å². The van der Waals surface area contributed by atoms with Gasteiger partial charge in [-0.25, -0.2) is 0 Å². The van der Waals surface area contributed by atoms with Crippen molar-refractivity contribution in [2.45, 2.75) is 64.1 Å². The second kappa shape index (κ2) is 6.01.